The molecule has 0 aromatic heterocycles. The molecule has 0 aromatic carbocycles. The fourth-order valence-electron chi connectivity index (χ4n) is 1.48. The first-order chi connectivity index (χ1) is 6.49. The summed E-state index contributed by atoms with van der Waals surface area (Å²) in [6.45, 7) is 8.73. The van der Waals surface area contributed by atoms with Gasteiger partial charge in [-0.15, -0.1) is 0 Å². The van der Waals surface area contributed by atoms with E-state index in [1.165, 1.54) is 0 Å². The quantitative estimate of drug-likeness (QED) is 0.685. The second-order valence-electron chi connectivity index (χ2n) is 4.34. The minimum Gasteiger partial charge on any atom is -0.349 e. The second-order valence-corrected chi connectivity index (χ2v) is 4.34. The van der Waals surface area contributed by atoms with E-state index in [0.717, 1.165) is 12.8 Å². The standard InChI is InChI=1S/C11H24N2O/c1-5-11(6-2,8-12)13-10(14)7-9(3)4/h9H,5-8,12H2,1-4H3,(H,13,14). The maximum atomic E-state index is 11.6. The molecule has 0 aliphatic rings. The van der Waals surface area contributed by atoms with Crippen LogP contribution < -0.4 is 11.1 Å². The van der Waals surface area contributed by atoms with Gasteiger partial charge in [0.1, 0.15) is 0 Å². The number of nitrogens with one attached hydrogen (secondary N) is 1. The Hall–Kier alpha value is -0.570. The van der Waals surface area contributed by atoms with E-state index in [0.29, 0.717) is 18.9 Å². The van der Waals surface area contributed by atoms with Gasteiger partial charge in [0.25, 0.3) is 0 Å². The van der Waals surface area contributed by atoms with E-state index in [4.69, 9.17) is 5.73 Å². The van der Waals surface area contributed by atoms with Crippen molar-refractivity contribution in [2.24, 2.45) is 11.7 Å². The first-order valence-corrected chi connectivity index (χ1v) is 5.50. The van der Waals surface area contributed by atoms with Gasteiger partial charge in [0.15, 0.2) is 0 Å². The molecule has 3 N–H and O–H groups in total. The zero-order chi connectivity index (χ0) is 11.2. The molecule has 0 aromatic rings. The monoisotopic (exact) mass is 200 g/mol. The Bertz CT molecular complexity index is 166. The molecule has 0 unspecified atom stereocenters. The average Bonchev–Trinajstić information content (AvgIpc) is 2.13. The molecule has 0 saturated carbocycles. The van der Waals surface area contributed by atoms with Crippen LogP contribution in [0.4, 0.5) is 0 Å². The van der Waals surface area contributed by atoms with Crippen LogP contribution in [0.2, 0.25) is 0 Å². The molecule has 14 heavy (non-hydrogen) atoms. The highest BCUT2D eigenvalue weighted by Gasteiger charge is 2.26. The lowest BCUT2D eigenvalue weighted by molar-refractivity contribution is -0.123. The largest absolute Gasteiger partial charge is 0.349 e. The third-order valence-corrected chi connectivity index (χ3v) is 2.74. The number of carbonyl (C=O) groups is 1. The lowest BCUT2D eigenvalue weighted by Crippen LogP contribution is -2.53. The van der Waals surface area contributed by atoms with E-state index in [2.05, 4.69) is 19.2 Å². The van der Waals surface area contributed by atoms with Crippen molar-refractivity contribution in [1.82, 2.24) is 5.32 Å². The summed E-state index contributed by atoms with van der Waals surface area (Å²) in [5.41, 5.74) is 5.50. The maximum Gasteiger partial charge on any atom is 0.220 e. The summed E-state index contributed by atoms with van der Waals surface area (Å²) in [5, 5.41) is 3.05. The molecular weight excluding hydrogens is 176 g/mol. The molecule has 0 radical (unpaired) electrons. The van der Waals surface area contributed by atoms with E-state index in [9.17, 15) is 4.79 Å². The molecule has 0 heterocycles. The van der Waals surface area contributed by atoms with E-state index in [1.54, 1.807) is 0 Å². The lowest BCUT2D eigenvalue weighted by atomic mass is 9.92. The van der Waals surface area contributed by atoms with Gasteiger partial charge in [0, 0.05) is 13.0 Å². The number of rotatable bonds is 6. The summed E-state index contributed by atoms with van der Waals surface area (Å²) in [7, 11) is 0. The van der Waals surface area contributed by atoms with Crippen molar-refractivity contribution in [3.05, 3.63) is 0 Å². The lowest BCUT2D eigenvalue weighted by Gasteiger charge is -2.31. The van der Waals surface area contributed by atoms with Crippen LogP contribution in [0.5, 0.6) is 0 Å². The maximum absolute atomic E-state index is 11.6. The van der Waals surface area contributed by atoms with Gasteiger partial charge in [-0.2, -0.15) is 0 Å². The topological polar surface area (TPSA) is 55.1 Å². The third-order valence-electron chi connectivity index (χ3n) is 2.74. The number of hydrogen-bond donors (Lipinski definition) is 2. The van der Waals surface area contributed by atoms with Crippen LogP contribution >= 0.6 is 0 Å². The molecule has 0 bridgehead atoms. The van der Waals surface area contributed by atoms with Crippen LogP contribution in [0.3, 0.4) is 0 Å². The minimum absolute atomic E-state index is 0.120. The predicted molar refractivity (Wildman–Crippen MR) is 60.0 cm³/mol. The smallest absolute Gasteiger partial charge is 0.220 e. The van der Waals surface area contributed by atoms with Gasteiger partial charge in [-0.25, -0.2) is 0 Å². The third kappa shape index (κ3) is 4.09. The Labute approximate surface area is 87.4 Å². The van der Waals surface area contributed by atoms with Crippen LogP contribution in [0.15, 0.2) is 0 Å². The molecule has 0 aliphatic heterocycles. The summed E-state index contributed by atoms with van der Waals surface area (Å²) in [4.78, 5) is 11.6. The number of hydrogen-bond acceptors (Lipinski definition) is 2. The molecular formula is C11H24N2O. The Morgan fingerprint density at radius 2 is 1.86 bits per heavy atom. The molecule has 0 saturated heterocycles. The average molecular weight is 200 g/mol. The van der Waals surface area contributed by atoms with E-state index in [-0.39, 0.29) is 11.4 Å². The number of carbonyl (C=O) groups excluding carboxylic acids is 1. The van der Waals surface area contributed by atoms with Crippen molar-refractivity contribution in [2.75, 3.05) is 6.54 Å². The van der Waals surface area contributed by atoms with Crippen molar-refractivity contribution >= 4 is 5.91 Å². The Kier molecular flexibility index (Phi) is 5.77. The van der Waals surface area contributed by atoms with Crippen molar-refractivity contribution in [1.29, 1.82) is 0 Å². The highest BCUT2D eigenvalue weighted by atomic mass is 16.1. The molecule has 0 aliphatic carbocycles. The normalized spacial score (nSPS) is 11.9. The molecule has 0 atom stereocenters. The van der Waals surface area contributed by atoms with E-state index in [1.807, 2.05) is 13.8 Å². The summed E-state index contributed by atoms with van der Waals surface area (Å²) < 4.78 is 0. The fourth-order valence-corrected chi connectivity index (χ4v) is 1.48. The molecule has 3 heteroatoms. The zero-order valence-corrected chi connectivity index (χ0v) is 9.89. The van der Waals surface area contributed by atoms with Gasteiger partial charge in [0.2, 0.25) is 5.91 Å². The molecule has 1 amide bonds. The van der Waals surface area contributed by atoms with Crippen molar-refractivity contribution in [3.8, 4) is 0 Å². The summed E-state index contributed by atoms with van der Waals surface area (Å²) in [6.07, 6.45) is 2.37. The Morgan fingerprint density at radius 1 is 1.36 bits per heavy atom. The number of amides is 1. The van der Waals surface area contributed by atoms with Crippen LogP contribution in [0, 0.1) is 5.92 Å². The van der Waals surface area contributed by atoms with Crippen LogP contribution in [-0.4, -0.2) is 18.0 Å². The van der Waals surface area contributed by atoms with Crippen LogP contribution in [0.25, 0.3) is 0 Å². The van der Waals surface area contributed by atoms with Gasteiger partial charge in [-0.05, 0) is 18.8 Å². The van der Waals surface area contributed by atoms with Gasteiger partial charge in [0.05, 0.1) is 5.54 Å². The van der Waals surface area contributed by atoms with E-state index < -0.39 is 0 Å². The van der Waals surface area contributed by atoms with Crippen molar-refractivity contribution in [3.63, 3.8) is 0 Å². The molecule has 3 nitrogen and oxygen atoms in total. The van der Waals surface area contributed by atoms with Crippen LogP contribution in [0.1, 0.15) is 47.0 Å². The summed E-state index contributed by atoms with van der Waals surface area (Å²) >= 11 is 0. The summed E-state index contributed by atoms with van der Waals surface area (Å²) in [5.74, 6) is 0.522. The number of nitrogens with two attached hydrogens (primary N) is 1. The fraction of sp³-hybridized carbons (Fsp3) is 0.909. The minimum atomic E-state index is -0.189. The SMILES string of the molecule is CCC(CC)(CN)NC(=O)CC(C)C. The molecule has 0 rings (SSSR count). The predicted octanol–water partition coefficient (Wildman–Crippen LogP) is 1.67. The van der Waals surface area contributed by atoms with Crippen molar-refractivity contribution < 1.29 is 4.79 Å². The van der Waals surface area contributed by atoms with Crippen molar-refractivity contribution in [2.45, 2.75) is 52.5 Å². The molecule has 84 valence electrons. The van der Waals surface area contributed by atoms with Gasteiger partial charge >= 0.3 is 0 Å². The first kappa shape index (κ1) is 13.4. The Morgan fingerprint density at radius 3 is 2.14 bits per heavy atom. The van der Waals surface area contributed by atoms with Gasteiger partial charge < -0.3 is 11.1 Å². The van der Waals surface area contributed by atoms with Gasteiger partial charge in [-0.3, -0.25) is 4.79 Å². The zero-order valence-electron chi connectivity index (χ0n) is 9.89. The summed E-state index contributed by atoms with van der Waals surface area (Å²) in [6, 6.07) is 0. The Balaban J connectivity index is 4.22. The van der Waals surface area contributed by atoms with Gasteiger partial charge in [-0.1, -0.05) is 27.7 Å². The first-order valence-electron chi connectivity index (χ1n) is 5.50. The van der Waals surface area contributed by atoms with E-state index >= 15 is 0 Å². The second kappa shape index (κ2) is 6.02. The van der Waals surface area contributed by atoms with Crippen LogP contribution in [-0.2, 0) is 4.79 Å². The highest BCUT2D eigenvalue weighted by molar-refractivity contribution is 5.77. The highest BCUT2D eigenvalue weighted by Crippen LogP contribution is 2.14. The molecule has 0 spiro atoms. The molecule has 0 fully saturated rings.